The van der Waals surface area contributed by atoms with Crippen LogP contribution in [0.5, 0.6) is 11.5 Å². The SMILES string of the molecule is CC[C@H](C)Oc1c(I)cc(C=Nn2c(-c3cc4ccccc4o3)nc3ccccc3c2=O)cc1OC. The summed E-state index contributed by atoms with van der Waals surface area (Å²) < 4.78 is 19.8. The van der Waals surface area contributed by atoms with Crippen LogP contribution in [0.3, 0.4) is 0 Å². The van der Waals surface area contributed by atoms with Crippen molar-refractivity contribution in [2.75, 3.05) is 7.11 Å². The van der Waals surface area contributed by atoms with Gasteiger partial charge in [0.2, 0.25) is 5.82 Å². The van der Waals surface area contributed by atoms with Gasteiger partial charge in [0.1, 0.15) is 5.58 Å². The number of rotatable bonds is 7. The second kappa shape index (κ2) is 10.1. The second-order valence-corrected chi connectivity index (χ2v) is 9.50. The minimum atomic E-state index is -0.286. The van der Waals surface area contributed by atoms with E-state index in [1.165, 1.54) is 4.68 Å². The number of benzene rings is 3. The number of nitrogens with zero attached hydrogens (tertiary/aromatic N) is 3. The van der Waals surface area contributed by atoms with Crippen molar-refractivity contribution in [3.05, 3.63) is 86.2 Å². The predicted octanol–water partition coefficient (Wildman–Crippen LogP) is 6.48. The van der Waals surface area contributed by atoms with Gasteiger partial charge in [0.05, 0.1) is 33.9 Å². The molecule has 3 aromatic carbocycles. The molecule has 1 atom stereocenters. The molecule has 0 aliphatic carbocycles. The van der Waals surface area contributed by atoms with Crippen molar-refractivity contribution in [3.8, 4) is 23.1 Å². The van der Waals surface area contributed by atoms with Gasteiger partial charge in [-0.2, -0.15) is 9.78 Å². The summed E-state index contributed by atoms with van der Waals surface area (Å²) in [7, 11) is 1.60. The Hall–Kier alpha value is -3.66. The number of hydrogen-bond donors (Lipinski definition) is 0. The quantitative estimate of drug-likeness (QED) is 0.159. The van der Waals surface area contributed by atoms with Crippen molar-refractivity contribution in [2.24, 2.45) is 5.10 Å². The molecule has 0 unspecified atom stereocenters. The number of fused-ring (bicyclic) bond motifs is 2. The largest absolute Gasteiger partial charge is 0.493 e. The van der Waals surface area contributed by atoms with Crippen molar-refractivity contribution in [2.45, 2.75) is 26.4 Å². The molecule has 2 aromatic heterocycles. The molecule has 0 bridgehead atoms. The first kappa shape index (κ1) is 24.1. The molecule has 0 radical (unpaired) electrons. The van der Waals surface area contributed by atoms with Crippen LogP contribution in [0.25, 0.3) is 33.5 Å². The minimum Gasteiger partial charge on any atom is -0.493 e. The van der Waals surface area contributed by atoms with Crippen molar-refractivity contribution in [1.29, 1.82) is 0 Å². The molecule has 0 fully saturated rings. The molecule has 2 heterocycles. The molecule has 7 nitrogen and oxygen atoms in total. The van der Waals surface area contributed by atoms with Crippen molar-refractivity contribution in [1.82, 2.24) is 9.66 Å². The molecule has 0 spiro atoms. The highest BCUT2D eigenvalue weighted by Gasteiger charge is 2.17. The summed E-state index contributed by atoms with van der Waals surface area (Å²) in [5.74, 6) is 2.08. The summed E-state index contributed by atoms with van der Waals surface area (Å²) >= 11 is 2.22. The van der Waals surface area contributed by atoms with Crippen LogP contribution >= 0.6 is 22.6 Å². The van der Waals surface area contributed by atoms with Gasteiger partial charge >= 0.3 is 0 Å². The molecule has 8 heteroatoms. The van der Waals surface area contributed by atoms with Crippen LogP contribution in [0.4, 0.5) is 0 Å². The first-order valence-electron chi connectivity index (χ1n) is 11.6. The first-order valence-corrected chi connectivity index (χ1v) is 12.7. The van der Waals surface area contributed by atoms with Crippen LogP contribution in [-0.2, 0) is 0 Å². The van der Waals surface area contributed by atoms with E-state index >= 15 is 0 Å². The van der Waals surface area contributed by atoms with Gasteiger partial charge in [-0.05, 0) is 77.9 Å². The van der Waals surface area contributed by atoms with Gasteiger partial charge in [0.15, 0.2) is 17.3 Å². The highest BCUT2D eigenvalue weighted by Crippen LogP contribution is 2.35. The van der Waals surface area contributed by atoms with Crippen molar-refractivity contribution >= 4 is 50.7 Å². The fourth-order valence-corrected chi connectivity index (χ4v) is 4.57. The van der Waals surface area contributed by atoms with Gasteiger partial charge < -0.3 is 13.9 Å². The molecule has 0 N–H and O–H groups in total. The third-order valence-corrected chi connectivity index (χ3v) is 6.67. The Labute approximate surface area is 221 Å². The van der Waals surface area contributed by atoms with Gasteiger partial charge in [-0.15, -0.1) is 0 Å². The third-order valence-electron chi connectivity index (χ3n) is 5.87. The zero-order valence-electron chi connectivity index (χ0n) is 20.1. The number of furan rings is 1. The molecule has 182 valence electrons. The fraction of sp³-hybridized carbons (Fsp3) is 0.179. The summed E-state index contributed by atoms with van der Waals surface area (Å²) in [6.07, 6.45) is 2.55. The zero-order chi connectivity index (χ0) is 25.2. The summed E-state index contributed by atoms with van der Waals surface area (Å²) in [6, 6.07) is 20.5. The number of para-hydroxylation sites is 2. The van der Waals surface area contributed by atoms with Crippen molar-refractivity contribution < 1.29 is 13.9 Å². The molecule has 0 saturated heterocycles. The van der Waals surface area contributed by atoms with E-state index in [1.54, 1.807) is 25.5 Å². The number of halogens is 1. The molecule has 5 rings (SSSR count). The Morgan fingerprint density at radius 3 is 2.69 bits per heavy atom. The van der Waals surface area contributed by atoms with Crippen LogP contribution in [-0.4, -0.2) is 29.1 Å². The Kier molecular flexibility index (Phi) is 6.77. The lowest BCUT2D eigenvalue weighted by Gasteiger charge is -2.17. The number of ether oxygens (including phenoxy) is 2. The molecule has 0 amide bonds. The smallest absolute Gasteiger partial charge is 0.282 e. The maximum absolute atomic E-state index is 13.5. The zero-order valence-corrected chi connectivity index (χ0v) is 22.2. The average molecular weight is 593 g/mol. The Morgan fingerprint density at radius 2 is 1.92 bits per heavy atom. The highest BCUT2D eigenvalue weighted by atomic mass is 127. The number of hydrogen-bond acceptors (Lipinski definition) is 6. The molecule has 36 heavy (non-hydrogen) atoms. The molecule has 5 aromatic rings. The number of aromatic nitrogens is 2. The van der Waals surface area contributed by atoms with Crippen LogP contribution in [0.1, 0.15) is 25.8 Å². The monoisotopic (exact) mass is 593 g/mol. The van der Waals surface area contributed by atoms with Gasteiger partial charge in [-0.3, -0.25) is 4.79 Å². The van der Waals surface area contributed by atoms with Gasteiger partial charge in [0, 0.05) is 5.39 Å². The van der Waals surface area contributed by atoms with E-state index in [2.05, 4.69) is 34.6 Å². The van der Waals surface area contributed by atoms with E-state index in [-0.39, 0.29) is 11.7 Å². The summed E-state index contributed by atoms with van der Waals surface area (Å²) in [5.41, 5.74) is 1.75. The van der Waals surface area contributed by atoms with Crippen LogP contribution < -0.4 is 15.0 Å². The van der Waals surface area contributed by atoms with Crippen LogP contribution in [0.2, 0.25) is 0 Å². The van der Waals surface area contributed by atoms with Crippen LogP contribution in [0.15, 0.2) is 81.0 Å². The number of methoxy groups -OCH3 is 1. The van der Waals surface area contributed by atoms with E-state index in [4.69, 9.17) is 18.9 Å². The summed E-state index contributed by atoms with van der Waals surface area (Å²) in [5, 5.41) is 5.94. The summed E-state index contributed by atoms with van der Waals surface area (Å²) in [4.78, 5) is 18.2. The third kappa shape index (κ3) is 4.60. The van der Waals surface area contributed by atoms with Gasteiger partial charge in [0.25, 0.3) is 5.56 Å². The fourth-order valence-electron chi connectivity index (χ4n) is 3.82. The lowest BCUT2D eigenvalue weighted by atomic mass is 10.2. The molecule has 0 saturated carbocycles. The maximum atomic E-state index is 13.5. The molecular formula is C28H24IN3O4. The Bertz CT molecular complexity index is 1620. The molecular weight excluding hydrogens is 569 g/mol. The summed E-state index contributed by atoms with van der Waals surface area (Å²) in [6.45, 7) is 4.09. The first-order chi connectivity index (χ1) is 17.5. The lowest BCUT2D eigenvalue weighted by molar-refractivity contribution is 0.206. The standard InChI is InChI=1S/C28H24IN3O4/c1-4-17(2)35-26-21(29)13-18(14-24(26)34-3)16-30-32-27(25-15-19-9-5-8-12-23(19)36-25)31-22-11-7-6-10-20(22)28(32)33/h5-17H,4H2,1-3H3/t17-/m0/s1. The average Bonchev–Trinajstić information content (AvgIpc) is 3.33. The van der Waals surface area contributed by atoms with Gasteiger partial charge in [-0.25, -0.2) is 4.98 Å². The van der Waals surface area contributed by atoms with Crippen LogP contribution in [0, 0.1) is 3.57 Å². The molecule has 0 aliphatic heterocycles. The lowest BCUT2D eigenvalue weighted by Crippen LogP contribution is -2.20. The Morgan fingerprint density at radius 1 is 1.14 bits per heavy atom. The topological polar surface area (TPSA) is 78.9 Å². The van der Waals surface area contributed by atoms with E-state index in [0.717, 1.165) is 20.9 Å². The molecule has 0 aliphatic rings. The second-order valence-electron chi connectivity index (χ2n) is 8.33. The normalized spacial score (nSPS) is 12.4. The van der Waals surface area contributed by atoms with E-state index < -0.39 is 0 Å². The predicted molar refractivity (Wildman–Crippen MR) is 150 cm³/mol. The maximum Gasteiger partial charge on any atom is 0.282 e. The highest BCUT2D eigenvalue weighted by molar-refractivity contribution is 14.1. The van der Waals surface area contributed by atoms with E-state index in [9.17, 15) is 4.79 Å². The Balaban J connectivity index is 1.64. The van der Waals surface area contributed by atoms with Crippen molar-refractivity contribution in [3.63, 3.8) is 0 Å². The van der Waals surface area contributed by atoms with E-state index in [0.29, 0.717) is 39.6 Å². The van der Waals surface area contributed by atoms with Gasteiger partial charge in [-0.1, -0.05) is 37.3 Å². The van der Waals surface area contributed by atoms with E-state index in [1.807, 2.05) is 61.5 Å². The minimum absolute atomic E-state index is 0.0561.